The summed E-state index contributed by atoms with van der Waals surface area (Å²) in [6.07, 6.45) is 6.25. The number of hydrogen-bond acceptors (Lipinski definition) is 3. The minimum atomic E-state index is 0.0360. The van der Waals surface area contributed by atoms with Crippen molar-refractivity contribution in [2.45, 2.75) is 44.6 Å². The van der Waals surface area contributed by atoms with Gasteiger partial charge in [0.25, 0.3) is 0 Å². The first kappa shape index (κ1) is 15.3. The van der Waals surface area contributed by atoms with Crippen molar-refractivity contribution in [2.75, 3.05) is 26.3 Å². The SMILES string of the molecule is CCNCC1(OCCOc2ccccc2)CCCCC1. The molecule has 1 N–H and O–H groups in total. The van der Waals surface area contributed by atoms with Gasteiger partial charge in [-0.2, -0.15) is 0 Å². The molecule has 1 aliphatic rings. The van der Waals surface area contributed by atoms with Gasteiger partial charge < -0.3 is 14.8 Å². The highest BCUT2D eigenvalue weighted by atomic mass is 16.5. The Kier molecular flexibility index (Phi) is 6.34. The van der Waals surface area contributed by atoms with Gasteiger partial charge in [-0.3, -0.25) is 0 Å². The van der Waals surface area contributed by atoms with Crippen LogP contribution in [0, 0.1) is 0 Å². The molecule has 0 bridgehead atoms. The number of hydrogen-bond donors (Lipinski definition) is 1. The number of nitrogens with one attached hydrogen (secondary N) is 1. The minimum absolute atomic E-state index is 0.0360. The third kappa shape index (κ3) is 4.80. The largest absolute Gasteiger partial charge is 0.491 e. The molecule has 0 spiro atoms. The van der Waals surface area contributed by atoms with Gasteiger partial charge in [0.1, 0.15) is 12.4 Å². The van der Waals surface area contributed by atoms with Gasteiger partial charge in [0.2, 0.25) is 0 Å². The molecule has 3 nitrogen and oxygen atoms in total. The lowest BCUT2D eigenvalue weighted by molar-refractivity contribution is -0.0760. The Morgan fingerprint density at radius 2 is 1.80 bits per heavy atom. The third-order valence-corrected chi connectivity index (χ3v) is 3.97. The summed E-state index contributed by atoms with van der Waals surface area (Å²) in [5, 5.41) is 3.45. The van der Waals surface area contributed by atoms with E-state index in [-0.39, 0.29) is 5.60 Å². The average Bonchev–Trinajstić information content (AvgIpc) is 2.52. The fourth-order valence-electron chi connectivity index (χ4n) is 2.86. The highest BCUT2D eigenvalue weighted by Gasteiger charge is 2.32. The summed E-state index contributed by atoms with van der Waals surface area (Å²) >= 11 is 0. The molecule has 1 fully saturated rings. The van der Waals surface area contributed by atoms with E-state index in [0.29, 0.717) is 13.2 Å². The maximum Gasteiger partial charge on any atom is 0.119 e. The predicted molar refractivity (Wildman–Crippen MR) is 82.2 cm³/mol. The predicted octanol–water partition coefficient (Wildman–Crippen LogP) is 3.39. The summed E-state index contributed by atoms with van der Waals surface area (Å²) in [7, 11) is 0. The first-order chi connectivity index (χ1) is 9.85. The van der Waals surface area contributed by atoms with Crippen molar-refractivity contribution in [1.29, 1.82) is 0 Å². The first-order valence-corrected chi connectivity index (χ1v) is 7.87. The van der Waals surface area contributed by atoms with Gasteiger partial charge >= 0.3 is 0 Å². The molecule has 0 aromatic heterocycles. The van der Waals surface area contributed by atoms with Gasteiger partial charge in [0.15, 0.2) is 0 Å². The van der Waals surface area contributed by atoms with E-state index >= 15 is 0 Å². The molecule has 1 aromatic rings. The molecule has 20 heavy (non-hydrogen) atoms. The monoisotopic (exact) mass is 277 g/mol. The molecule has 1 aliphatic carbocycles. The highest BCUT2D eigenvalue weighted by Crippen LogP contribution is 2.31. The number of benzene rings is 1. The van der Waals surface area contributed by atoms with Crippen LogP contribution in [0.3, 0.4) is 0 Å². The Morgan fingerprint density at radius 3 is 2.50 bits per heavy atom. The zero-order chi connectivity index (χ0) is 14.1. The number of ether oxygens (including phenoxy) is 2. The fourth-order valence-corrected chi connectivity index (χ4v) is 2.86. The third-order valence-electron chi connectivity index (χ3n) is 3.97. The zero-order valence-electron chi connectivity index (χ0n) is 12.6. The smallest absolute Gasteiger partial charge is 0.119 e. The number of likely N-dealkylation sites (N-methyl/N-ethyl adjacent to an activating group) is 1. The van der Waals surface area contributed by atoms with Crippen molar-refractivity contribution in [3.63, 3.8) is 0 Å². The molecule has 1 aromatic carbocycles. The van der Waals surface area contributed by atoms with E-state index in [1.807, 2.05) is 30.3 Å². The Balaban J connectivity index is 1.74. The van der Waals surface area contributed by atoms with Crippen LogP contribution in [0.1, 0.15) is 39.0 Å². The molecule has 0 unspecified atom stereocenters. The summed E-state index contributed by atoms with van der Waals surface area (Å²) < 4.78 is 11.9. The summed E-state index contributed by atoms with van der Waals surface area (Å²) in [5.74, 6) is 0.917. The van der Waals surface area contributed by atoms with Gasteiger partial charge in [-0.05, 0) is 31.5 Å². The summed E-state index contributed by atoms with van der Waals surface area (Å²) in [4.78, 5) is 0. The molecule has 0 amide bonds. The van der Waals surface area contributed by atoms with Crippen LogP contribution in [0.25, 0.3) is 0 Å². The van der Waals surface area contributed by atoms with E-state index in [0.717, 1.165) is 18.8 Å². The van der Waals surface area contributed by atoms with Crippen molar-refractivity contribution in [1.82, 2.24) is 5.32 Å². The van der Waals surface area contributed by atoms with Crippen molar-refractivity contribution >= 4 is 0 Å². The van der Waals surface area contributed by atoms with Crippen molar-refractivity contribution in [3.05, 3.63) is 30.3 Å². The summed E-state index contributed by atoms with van der Waals surface area (Å²) in [6.45, 7) is 5.41. The lowest BCUT2D eigenvalue weighted by Crippen LogP contribution is -2.45. The lowest BCUT2D eigenvalue weighted by atomic mass is 9.84. The van der Waals surface area contributed by atoms with Crippen LogP contribution >= 0.6 is 0 Å². The quantitative estimate of drug-likeness (QED) is 0.739. The zero-order valence-corrected chi connectivity index (χ0v) is 12.6. The van der Waals surface area contributed by atoms with Crippen LogP contribution in [0.15, 0.2) is 30.3 Å². The van der Waals surface area contributed by atoms with Gasteiger partial charge in [-0.15, -0.1) is 0 Å². The molecular formula is C17H27NO2. The van der Waals surface area contributed by atoms with Crippen LogP contribution in [0.5, 0.6) is 5.75 Å². The average molecular weight is 277 g/mol. The Labute approximate surface area is 122 Å². The molecule has 1 saturated carbocycles. The molecule has 3 heteroatoms. The van der Waals surface area contributed by atoms with Gasteiger partial charge in [-0.1, -0.05) is 44.4 Å². The molecule has 2 rings (SSSR count). The second kappa shape index (κ2) is 8.28. The van der Waals surface area contributed by atoms with E-state index in [1.54, 1.807) is 0 Å². The van der Waals surface area contributed by atoms with Crippen molar-refractivity contribution < 1.29 is 9.47 Å². The standard InChI is InChI=1S/C17H27NO2/c1-2-18-15-17(11-7-4-8-12-17)20-14-13-19-16-9-5-3-6-10-16/h3,5-6,9-10,18H,2,4,7-8,11-15H2,1H3. The Bertz CT molecular complexity index is 361. The van der Waals surface area contributed by atoms with E-state index in [1.165, 1.54) is 32.1 Å². The van der Waals surface area contributed by atoms with E-state index < -0.39 is 0 Å². The van der Waals surface area contributed by atoms with Gasteiger partial charge in [0.05, 0.1) is 12.2 Å². The molecule has 0 atom stereocenters. The second-order valence-corrected chi connectivity index (χ2v) is 5.53. The van der Waals surface area contributed by atoms with Gasteiger partial charge in [-0.25, -0.2) is 0 Å². The minimum Gasteiger partial charge on any atom is -0.491 e. The van der Waals surface area contributed by atoms with Crippen molar-refractivity contribution in [3.8, 4) is 5.75 Å². The first-order valence-electron chi connectivity index (χ1n) is 7.87. The van der Waals surface area contributed by atoms with Crippen LogP contribution < -0.4 is 10.1 Å². The Morgan fingerprint density at radius 1 is 1.05 bits per heavy atom. The molecular weight excluding hydrogens is 250 g/mol. The molecule has 112 valence electrons. The fraction of sp³-hybridized carbons (Fsp3) is 0.647. The van der Waals surface area contributed by atoms with Crippen LogP contribution in [0.2, 0.25) is 0 Å². The lowest BCUT2D eigenvalue weighted by Gasteiger charge is -2.37. The van der Waals surface area contributed by atoms with Crippen LogP contribution in [0.4, 0.5) is 0 Å². The maximum atomic E-state index is 6.21. The van der Waals surface area contributed by atoms with E-state index in [2.05, 4.69) is 12.2 Å². The molecule has 0 aliphatic heterocycles. The normalized spacial score (nSPS) is 17.9. The molecule has 0 radical (unpaired) electrons. The summed E-state index contributed by atoms with van der Waals surface area (Å²) in [6, 6.07) is 9.94. The number of rotatable bonds is 8. The summed E-state index contributed by atoms with van der Waals surface area (Å²) in [5.41, 5.74) is 0.0360. The second-order valence-electron chi connectivity index (χ2n) is 5.53. The Hall–Kier alpha value is -1.06. The van der Waals surface area contributed by atoms with Crippen LogP contribution in [-0.2, 0) is 4.74 Å². The number of para-hydroxylation sites is 1. The van der Waals surface area contributed by atoms with E-state index in [9.17, 15) is 0 Å². The molecule has 0 saturated heterocycles. The topological polar surface area (TPSA) is 30.5 Å². The van der Waals surface area contributed by atoms with Gasteiger partial charge in [0, 0.05) is 6.54 Å². The molecule has 0 heterocycles. The highest BCUT2D eigenvalue weighted by molar-refractivity contribution is 5.20. The van der Waals surface area contributed by atoms with Crippen molar-refractivity contribution in [2.24, 2.45) is 0 Å². The maximum absolute atomic E-state index is 6.21. The van der Waals surface area contributed by atoms with Crippen LogP contribution in [-0.4, -0.2) is 31.9 Å². The van der Waals surface area contributed by atoms with E-state index in [4.69, 9.17) is 9.47 Å².